The van der Waals surface area contributed by atoms with Crippen molar-refractivity contribution < 1.29 is 23.9 Å². The van der Waals surface area contributed by atoms with Gasteiger partial charge in [0.2, 0.25) is 0 Å². The SMILES string of the molecule is CC(C)c1noc(N2CCN([C@@H](C)CCOc3ccc(C(O)[OH2+])c(F)c3)CC2)n1. The minimum atomic E-state index is -1.58. The van der Waals surface area contributed by atoms with E-state index in [1.807, 2.05) is 13.8 Å². The van der Waals surface area contributed by atoms with Crippen molar-refractivity contribution in [3.8, 4) is 5.75 Å². The van der Waals surface area contributed by atoms with Crippen LogP contribution in [0.1, 0.15) is 50.8 Å². The summed E-state index contributed by atoms with van der Waals surface area (Å²) in [5.41, 5.74) is -0.0506. The Morgan fingerprint density at radius 1 is 1.24 bits per heavy atom. The molecule has 8 nitrogen and oxygen atoms in total. The molecule has 1 unspecified atom stereocenters. The second kappa shape index (κ2) is 9.51. The molecule has 1 aromatic carbocycles. The Morgan fingerprint density at radius 2 is 1.97 bits per heavy atom. The Bertz CT molecular complexity index is 791. The molecule has 9 heteroatoms. The first-order valence-corrected chi connectivity index (χ1v) is 9.99. The van der Waals surface area contributed by atoms with Gasteiger partial charge in [-0.05, 0) is 25.5 Å². The first kappa shape index (κ1) is 21.5. The van der Waals surface area contributed by atoms with Crippen molar-refractivity contribution in [2.24, 2.45) is 0 Å². The number of aliphatic hydroxyl groups is 1. The average molecular weight is 409 g/mol. The summed E-state index contributed by atoms with van der Waals surface area (Å²) in [5, 5.41) is 20.4. The van der Waals surface area contributed by atoms with Crippen LogP contribution in [0.3, 0.4) is 0 Å². The highest BCUT2D eigenvalue weighted by Crippen LogP contribution is 2.22. The molecule has 0 radical (unpaired) electrons. The number of hydrogen-bond acceptors (Lipinski definition) is 7. The van der Waals surface area contributed by atoms with Crippen molar-refractivity contribution in [1.82, 2.24) is 15.0 Å². The summed E-state index contributed by atoms with van der Waals surface area (Å²) in [5.74, 6) is 0.752. The molecule has 1 aliphatic rings. The van der Waals surface area contributed by atoms with Crippen molar-refractivity contribution >= 4 is 6.01 Å². The molecule has 1 fully saturated rings. The van der Waals surface area contributed by atoms with Crippen molar-refractivity contribution in [2.75, 3.05) is 37.7 Å². The van der Waals surface area contributed by atoms with E-state index in [1.54, 1.807) is 6.07 Å². The molecule has 2 atom stereocenters. The van der Waals surface area contributed by atoms with Crippen LogP contribution in [-0.2, 0) is 0 Å². The molecule has 0 saturated carbocycles. The van der Waals surface area contributed by atoms with Crippen LogP contribution < -0.4 is 9.64 Å². The smallest absolute Gasteiger partial charge is 0.324 e. The van der Waals surface area contributed by atoms with Crippen LogP contribution in [0.15, 0.2) is 22.7 Å². The van der Waals surface area contributed by atoms with E-state index in [-0.39, 0.29) is 11.5 Å². The molecular formula is C20H30FN4O4+. The van der Waals surface area contributed by atoms with Crippen molar-refractivity contribution in [1.29, 1.82) is 0 Å². The normalized spacial score (nSPS) is 17.6. The maximum Gasteiger partial charge on any atom is 0.324 e. The Balaban J connectivity index is 1.42. The number of hydrogen-bond donors (Lipinski definition) is 1. The van der Waals surface area contributed by atoms with Gasteiger partial charge in [-0.25, -0.2) is 4.39 Å². The number of nitrogens with zero attached hydrogens (tertiary/aromatic N) is 4. The highest BCUT2D eigenvalue weighted by molar-refractivity contribution is 5.29. The predicted molar refractivity (Wildman–Crippen MR) is 107 cm³/mol. The molecule has 0 amide bonds. The zero-order valence-corrected chi connectivity index (χ0v) is 17.1. The second-order valence-electron chi connectivity index (χ2n) is 7.68. The molecule has 0 aliphatic carbocycles. The van der Waals surface area contributed by atoms with Gasteiger partial charge in [0.15, 0.2) is 5.82 Å². The molecule has 1 aliphatic heterocycles. The molecule has 1 aromatic heterocycles. The first-order chi connectivity index (χ1) is 13.8. The van der Waals surface area contributed by atoms with Crippen LogP contribution in [0.2, 0.25) is 0 Å². The molecule has 0 bridgehead atoms. The quantitative estimate of drug-likeness (QED) is 0.526. The molecule has 3 rings (SSSR count). The summed E-state index contributed by atoms with van der Waals surface area (Å²) in [4.78, 5) is 8.97. The van der Waals surface area contributed by atoms with Gasteiger partial charge < -0.3 is 24.4 Å². The number of aliphatic hydroxyl groups excluding tert-OH is 1. The van der Waals surface area contributed by atoms with E-state index >= 15 is 0 Å². The van der Waals surface area contributed by atoms with Crippen LogP contribution in [0.25, 0.3) is 0 Å². The van der Waals surface area contributed by atoms with Crippen LogP contribution in [0, 0.1) is 5.82 Å². The third-order valence-electron chi connectivity index (χ3n) is 5.23. The maximum atomic E-state index is 13.8. The molecule has 160 valence electrons. The fourth-order valence-electron chi connectivity index (χ4n) is 3.29. The van der Waals surface area contributed by atoms with E-state index in [0.29, 0.717) is 24.4 Å². The second-order valence-corrected chi connectivity index (χ2v) is 7.68. The average Bonchev–Trinajstić information content (AvgIpc) is 3.18. The molecule has 3 N–H and O–H groups in total. The molecule has 0 spiro atoms. The van der Waals surface area contributed by atoms with Gasteiger partial charge in [-0.15, -0.1) is 0 Å². The van der Waals surface area contributed by atoms with E-state index in [0.717, 1.165) is 38.4 Å². The molecule has 1 saturated heterocycles. The zero-order chi connectivity index (χ0) is 21.0. The van der Waals surface area contributed by atoms with Gasteiger partial charge in [-0.1, -0.05) is 19.0 Å². The lowest BCUT2D eigenvalue weighted by molar-refractivity contribution is -0.0449. The maximum absolute atomic E-state index is 13.8. The number of anilines is 1. The largest absolute Gasteiger partial charge is 0.493 e. The van der Waals surface area contributed by atoms with Crippen LogP contribution >= 0.6 is 0 Å². The number of aromatic nitrogens is 2. The van der Waals surface area contributed by atoms with Gasteiger partial charge >= 0.3 is 6.01 Å². The predicted octanol–water partition coefficient (Wildman–Crippen LogP) is 2.03. The molecule has 2 heterocycles. The van der Waals surface area contributed by atoms with Gasteiger partial charge in [0, 0.05) is 44.2 Å². The molecule has 2 aromatic rings. The van der Waals surface area contributed by atoms with Gasteiger partial charge in [0.25, 0.3) is 6.29 Å². The Labute approximate surface area is 169 Å². The summed E-state index contributed by atoms with van der Waals surface area (Å²) in [6.07, 6.45) is -0.769. The minimum Gasteiger partial charge on any atom is -0.493 e. The lowest BCUT2D eigenvalue weighted by Crippen LogP contribution is -2.50. The van der Waals surface area contributed by atoms with Crippen LogP contribution in [0.5, 0.6) is 5.75 Å². The molecule has 29 heavy (non-hydrogen) atoms. The van der Waals surface area contributed by atoms with Gasteiger partial charge in [-0.3, -0.25) is 4.90 Å². The van der Waals surface area contributed by atoms with Crippen molar-refractivity contribution in [2.45, 2.75) is 45.4 Å². The summed E-state index contributed by atoms with van der Waals surface area (Å²) >= 11 is 0. The first-order valence-electron chi connectivity index (χ1n) is 9.99. The summed E-state index contributed by atoms with van der Waals surface area (Å²) in [6.45, 7) is 10.1. The minimum absolute atomic E-state index is 0.0506. The standard InChI is InChI=1S/C20H29FN4O4/c1-13(2)18-22-20(29-23-18)25-9-7-24(8-10-25)14(3)6-11-28-15-4-5-16(19(26)27)17(21)12-15/h4-5,12-14,19,26-27H,6-11H2,1-3H3/p+1/t14-/m0/s1. The summed E-state index contributed by atoms with van der Waals surface area (Å²) in [7, 11) is 0. The van der Waals surface area contributed by atoms with Gasteiger partial charge in [0.05, 0.1) is 12.2 Å². The third-order valence-corrected chi connectivity index (χ3v) is 5.23. The summed E-state index contributed by atoms with van der Waals surface area (Å²) in [6, 6.07) is 5.09. The van der Waals surface area contributed by atoms with Crippen LogP contribution in [-0.4, -0.2) is 64.1 Å². The fourth-order valence-corrected chi connectivity index (χ4v) is 3.29. The van der Waals surface area contributed by atoms with Gasteiger partial charge in [-0.2, -0.15) is 4.98 Å². The highest BCUT2D eigenvalue weighted by Gasteiger charge is 2.24. The molecular weight excluding hydrogens is 379 g/mol. The zero-order valence-electron chi connectivity index (χ0n) is 17.1. The van der Waals surface area contributed by atoms with Crippen molar-refractivity contribution in [3.05, 3.63) is 35.4 Å². The fraction of sp³-hybridized carbons (Fsp3) is 0.600. The van der Waals surface area contributed by atoms with E-state index < -0.39 is 12.1 Å². The number of piperazine rings is 1. The summed E-state index contributed by atoms with van der Waals surface area (Å²) < 4.78 is 24.8. The van der Waals surface area contributed by atoms with E-state index in [2.05, 4.69) is 26.9 Å². The third kappa shape index (κ3) is 5.43. The number of benzene rings is 1. The van der Waals surface area contributed by atoms with Crippen molar-refractivity contribution in [3.63, 3.8) is 0 Å². The number of ether oxygens (including phenoxy) is 1. The van der Waals surface area contributed by atoms with E-state index in [9.17, 15) is 4.39 Å². The Kier molecular flexibility index (Phi) is 7.05. The van der Waals surface area contributed by atoms with Crippen LogP contribution in [0.4, 0.5) is 10.4 Å². The lowest BCUT2D eigenvalue weighted by atomic mass is 10.1. The Hall–Kier alpha value is -2.23. The monoisotopic (exact) mass is 409 g/mol. The highest BCUT2D eigenvalue weighted by atomic mass is 19.1. The van der Waals surface area contributed by atoms with Gasteiger partial charge in [0.1, 0.15) is 11.6 Å². The Morgan fingerprint density at radius 3 is 2.55 bits per heavy atom. The topological polar surface area (TPSA) is 97.8 Å². The lowest BCUT2D eigenvalue weighted by Gasteiger charge is -2.37. The number of halogens is 1. The number of rotatable bonds is 8. The van der Waals surface area contributed by atoms with E-state index in [4.69, 9.17) is 19.5 Å². The van der Waals surface area contributed by atoms with E-state index in [1.165, 1.54) is 12.1 Å².